The first-order valence-corrected chi connectivity index (χ1v) is 8.27. The Kier molecular flexibility index (Phi) is 5.38. The average molecular weight is 287 g/mol. The highest BCUT2D eigenvalue weighted by Gasteiger charge is 2.13. The summed E-state index contributed by atoms with van der Waals surface area (Å²) in [5.41, 5.74) is 4.19. The van der Waals surface area contributed by atoms with Gasteiger partial charge in [0.25, 0.3) is 0 Å². The summed E-state index contributed by atoms with van der Waals surface area (Å²) in [5, 5.41) is 3.69. The van der Waals surface area contributed by atoms with E-state index in [2.05, 4.69) is 63.3 Å². The number of thiophene rings is 1. The molecular formula is C18H25NS. The van der Waals surface area contributed by atoms with E-state index < -0.39 is 0 Å². The third-order valence-electron chi connectivity index (χ3n) is 3.76. The largest absolute Gasteiger partial charge is 0.309 e. The molecule has 0 saturated carbocycles. The topological polar surface area (TPSA) is 12.0 Å². The molecule has 20 heavy (non-hydrogen) atoms. The molecule has 2 rings (SSSR count). The van der Waals surface area contributed by atoms with Crippen molar-refractivity contribution >= 4 is 11.3 Å². The lowest BCUT2D eigenvalue weighted by molar-refractivity contribution is 0.536. The lowest BCUT2D eigenvalue weighted by Crippen LogP contribution is -2.23. The van der Waals surface area contributed by atoms with E-state index in [9.17, 15) is 0 Å². The normalized spacial score (nSPS) is 12.6. The van der Waals surface area contributed by atoms with E-state index in [4.69, 9.17) is 0 Å². The molecule has 0 aliphatic carbocycles. The Morgan fingerprint density at radius 3 is 2.45 bits per heavy atom. The number of hydrogen-bond acceptors (Lipinski definition) is 2. The van der Waals surface area contributed by atoms with Crippen molar-refractivity contribution in [2.24, 2.45) is 0 Å². The van der Waals surface area contributed by atoms with Gasteiger partial charge in [0.1, 0.15) is 0 Å². The fourth-order valence-corrected chi connectivity index (χ4v) is 3.35. The molecule has 1 heterocycles. The van der Waals surface area contributed by atoms with Gasteiger partial charge < -0.3 is 5.32 Å². The summed E-state index contributed by atoms with van der Waals surface area (Å²) in [6, 6.07) is 11.8. The van der Waals surface area contributed by atoms with Crippen LogP contribution in [-0.2, 0) is 6.42 Å². The molecule has 2 aromatic rings. The van der Waals surface area contributed by atoms with Gasteiger partial charge in [-0.15, -0.1) is 11.3 Å². The van der Waals surface area contributed by atoms with E-state index in [0.717, 1.165) is 13.0 Å². The van der Waals surface area contributed by atoms with Gasteiger partial charge in [0.05, 0.1) is 0 Å². The van der Waals surface area contributed by atoms with Gasteiger partial charge in [0, 0.05) is 15.8 Å². The minimum atomic E-state index is 0.441. The zero-order chi connectivity index (χ0) is 14.5. The van der Waals surface area contributed by atoms with Crippen LogP contribution in [0.5, 0.6) is 0 Å². The molecule has 1 N–H and O–H groups in total. The molecular weight excluding hydrogens is 262 g/mol. The maximum atomic E-state index is 3.69. The van der Waals surface area contributed by atoms with Crippen molar-refractivity contribution in [2.75, 3.05) is 6.54 Å². The molecule has 108 valence electrons. The molecule has 0 fully saturated rings. The number of nitrogens with one attached hydrogen (secondary N) is 1. The Hall–Kier alpha value is -1.12. The predicted octanol–water partition coefficient (Wildman–Crippen LogP) is 4.96. The van der Waals surface area contributed by atoms with Gasteiger partial charge in [0.2, 0.25) is 0 Å². The van der Waals surface area contributed by atoms with Crippen LogP contribution in [0.15, 0.2) is 30.3 Å². The second-order valence-corrected chi connectivity index (χ2v) is 6.90. The monoisotopic (exact) mass is 287 g/mol. The van der Waals surface area contributed by atoms with Crippen LogP contribution >= 0.6 is 11.3 Å². The molecule has 0 bridgehead atoms. The molecule has 1 atom stereocenters. The number of rotatable bonds is 6. The van der Waals surface area contributed by atoms with Crippen molar-refractivity contribution in [3.63, 3.8) is 0 Å². The number of benzene rings is 1. The second-order valence-electron chi connectivity index (χ2n) is 5.58. The molecule has 0 saturated heterocycles. The first-order valence-electron chi connectivity index (χ1n) is 7.46. The van der Waals surface area contributed by atoms with Crippen molar-refractivity contribution in [1.82, 2.24) is 5.32 Å². The van der Waals surface area contributed by atoms with Crippen LogP contribution in [0.1, 0.15) is 45.8 Å². The summed E-state index contributed by atoms with van der Waals surface area (Å²) in [7, 11) is 0. The summed E-state index contributed by atoms with van der Waals surface area (Å²) >= 11 is 1.91. The Morgan fingerprint density at radius 1 is 1.05 bits per heavy atom. The molecule has 0 aliphatic heterocycles. The molecule has 0 aliphatic rings. The summed E-state index contributed by atoms with van der Waals surface area (Å²) < 4.78 is 0. The van der Waals surface area contributed by atoms with Crippen LogP contribution in [0.3, 0.4) is 0 Å². The van der Waals surface area contributed by atoms with Gasteiger partial charge >= 0.3 is 0 Å². The minimum Gasteiger partial charge on any atom is -0.309 e. The molecule has 0 spiro atoms. The summed E-state index contributed by atoms with van der Waals surface area (Å²) in [5.74, 6) is 0. The van der Waals surface area contributed by atoms with Crippen molar-refractivity contribution < 1.29 is 0 Å². The Balaban J connectivity index is 2.16. The highest BCUT2D eigenvalue weighted by atomic mass is 32.1. The third kappa shape index (κ3) is 3.94. The fraction of sp³-hybridized carbons (Fsp3) is 0.444. The number of hydrogen-bond donors (Lipinski definition) is 1. The van der Waals surface area contributed by atoms with Crippen molar-refractivity contribution in [2.45, 2.75) is 46.6 Å². The number of aryl methyl sites for hydroxylation is 3. The summed E-state index contributed by atoms with van der Waals surface area (Å²) in [4.78, 5) is 2.84. The molecule has 1 aromatic heterocycles. The third-order valence-corrected chi connectivity index (χ3v) is 4.87. The van der Waals surface area contributed by atoms with Crippen molar-refractivity contribution in [3.05, 3.63) is 56.8 Å². The summed E-state index contributed by atoms with van der Waals surface area (Å²) in [6.45, 7) is 9.85. The first-order chi connectivity index (χ1) is 9.60. The maximum absolute atomic E-state index is 3.69. The maximum Gasteiger partial charge on any atom is 0.0455 e. The fourth-order valence-electron chi connectivity index (χ4n) is 2.40. The van der Waals surface area contributed by atoms with Gasteiger partial charge in [0.15, 0.2) is 0 Å². The van der Waals surface area contributed by atoms with Crippen LogP contribution in [0.4, 0.5) is 0 Å². The zero-order valence-electron chi connectivity index (χ0n) is 13.0. The van der Waals surface area contributed by atoms with Crippen molar-refractivity contribution in [1.29, 1.82) is 0 Å². The molecule has 1 aromatic carbocycles. The van der Waals surface area contributed by atoms with Crippen LogP contribution in [0.25, 0.3) is 0 Å². The lowest BCUT2D eigenvalue weighted by Gasteiger charge is -2.18. The predicted molar refractivity (Wildman–Crippen MR) is 89.7 cm³/mol. The van der Waals surface area contributed by atoms with Crippen LogP contribution < -0.4 is 5.32 Å². The van der Waals surface area contributed by atoms with Gasteiger partial charge in [-0.3, -0.25) is 0 Å². The van der Waals surface area contributed by atoms with E-state index in [1.807, 2.05) is 11.3 Å². The SMILES string of the molecule is CCCNC(Cc1ccc(C)c(C)c1)c1ccc(C)s1. The molecule has 2 heteroatoms. The van der Waals surface area contributed by atoms with E-state index in [0.29, 0.717) is 6.04 Å². The minimum absolute atomic E-state index is 0.441. The summed E-state index contributed by atoms with van der Waals surface area (Å²) in [6.07, 6.45) is 2.24. The molecule has 1 nitrogen and oxygen atoms in total. The molecule has 1 unspecified atom stereocenters. The standard InChI is InChI=1S/C18H25NS/c1-5-10-19-17(18-9-7-15(4)20-18)12-16-8-6-13(2)14(3)11-16/h6-9,11,17,19H,5,10,12H2,1-4H3. The quantitative estimate of drug-likeness (QED) is 0.792. The second kappa shape index (κ2) is 7.05. The molecule has 0 amide bonds. The van der Waals surface area contributed by atoms with E-state index in [1.165, 1.54) is 32.9 Å². The van der Waals surface area contributed by atoms with Gasteiger partial charge in [-0.25, -0.2) is 0 Å². The lowest BCUT2D eigenvalue weighted by atomic mass is 10.00. The highest BCUT2D eigenvalue weighted by molar-refractivity contribution is 7.12. The van der Waals surface area contributed by atoms with E-state index in [-0.39, 0.29) is 0 Å². The van der Waals surface area contributed by atoms with Gasteiger partial charge in [-0.2, -0.15) is 0 Å². The smallest absolute Gasteiger partial charge is 0.0455 e. The average Bonchev–Trinajstić information content (AvgIpc) is 2.85. The van der Waals surface area contributed by atoms with Gasteiger partial charge in [-0.05, 0) is 69.0 Å². The Morgan fingerprint density at radius 2 is 1.85 bits per heavy atom. The van der Waals surface area contributed by atoms with Crippen LogP contribution in [0, 0.1) is 20.8 Å². The van der Waals surface area contributed by atoms with E-state index in [1.54, 1.807) is 0 Å². The Labute approximate surface area is 127 Å². The molecule has 0 radical (unpaired) electrons. The van der Waals surface area contributed by atoms with Gasteiger partial charge in [-0.1, -0.05) is 25.1 Å². The zero-order valence-corrected chi connectivity index (χ0v) is 13.8. The van der Waals surface area contributed by atoms with Crippen LogP contribution in [-0.4, -0.2) is 6.54 Å². The van der Waals surface area contributed by atoms with Crippen LogP contribution in [0.2, 0.25) is 0 Å². The van der Waals surface area contributed by atoms with E-state index >= 15 is 0 Å². The Bertz CT molecular complexity index is 556. The first kappa shape index (κ1) is 15.3. The highest BCUT2D eigenvalue weighted by Crippen LogP contribution is 2.26. The van der Waals surface area contributed by atoms with Crippen molar-refractivity contribution in [3.8, 4) is 0 Å².